The van der Waals surface area contributed by atoms with Crippen LogP contribution < -0.4 is 26.5 Å². The van der Waals surface area contributed by atoms with Gasteiger partial charge in [-0.05, 0) is 49.1 Å². The van der Waals surface area contributed by atoms with Gasteiger partial charge in [0.2, 0.25) is 23.6 Å². The molecule has 0 aromatic heterocycles. The fourth-order valence-corrected chi connectivity index (χ4v) is 5.33. The van der Waals surface area contributed by atoms with Crippen molar-refractivity contribution in [2.45, 2.75) is 31.7 Å². The summed E-state index contributed by atoms with van der Waals surface area (Å²) in [5.41, 5.74) is 1.25. The number of benzene rings is 2. The smallest absolute Gasteiger partial charge is 0.247 e. The lowest BCUT2D eigenvalue weighted by Crippen LogP contribution is -2.50. The quantitative estimate of drug-likeness (QED) is 0.0753. The third kappa shape index (κ3) is 12.9. The Morgan fingerprint density at radius 2 is 1.23 bits per heavy atom. The molecule has 0 bridgehead atoms. The second-order valence-corrected chi connectivity index (χ2v) is 11.1. The van der Waals surface area contributed by atoms with Crippen molar-refractivity contribution in [1.82, 2.24) is 16.0 Å². The zero-order chi connectivity index (χ0) is 34.0. The van der Waals surface area contributed by atoms with Gasteiger partial charge in [-0.3, -0.25) is 29.6 Å². The summed E-state index contributed by atoms with van der Waals surface area (Å²) in [5, 5.41) is 47.2. The number of carbonyl (C=O) groups excluding carboxylic acids is 4. The Morgan fingerprint density at radius 1 is 0.723 bits per heavy atom. The van der Waals surface area contributed by atoms with Gasteiger partial charge in [-0.25, -0.2) is 0 Å². The molecule has 47 heavy (non-hydrogen) atoms. The Morgan fingerprint density at radius 3 is 1.72 bits per heavy atom. The van der Waals surface area contributed by atoms with Crippen LogP contribution in [0.15, 0.2) is 54.6 Å². The Hall–Kier alpha value is -4.12. The van der Waals surface area contributed by atoms with E-state index in [0.29, 0.717) is 5.69 Å². The molecular weight excluding hydrogens is 614 g/mol. The van der Waals surface area contributed by atoms with Crippen molar-refractivity contribution in [1.29, 1.82) is 0 Å². The van der Waals surface area contributed by atoms with Crippen LogP contribution >= 0.6 is 0 Å². The highest BCUT2D eigenvalue weighted by Crippen LogP contribution is 2.34. The predicted molar refractivity (Wildman–Crippen MR) is 169 cm³/mol. The van der Waals surface area contributed by atoms with Crippen LogP contribution in [0.4, 0.5) is 11.4 Å². The third-order valence-corrected chi connectivity index (χ3v) is 7.66. The topological polar surface area (TPSA) is 219 Å². The van der Waals surface area contributed by atoms with Gasteiger partial charge in [0, 0.05) is 43.0 Å². The molecule has 3 rings (SSSR count). The maximum atomic E-state index is 13.8. The number of ether oxygens (including phenoxy) is 2. The molecule has 2 aromatic rings. The van der Waals surface area contributed by atoms with Crippen LogP contribution in [-0.2, 0) is 35.1 Å². The minimum Gasteiger partial charge on any atom is -0.394 e. The van der Waals surface area contributed by atoms with E-state index in [-0.39, 0.29) is 101 Å². The van der Waals surface area contributed by atoms with Gasteiger partial charge in [-0.15, -0.1) is 5.23 Å². The number of hydrogen-bond acceptors (Lipinski definition) is 11. The molecule has 1 fully saturated rings. The number of rotatable bonds is 19. The minimum atomic E-state index is -1.01. The van der Waals surface area contributed by atoms with Crippen LogP contribution in [0.25, 0.3) is 0 Å². The number of aliphatic hydroxyl groups is 2. The first-order valence-electron chi connectivity index (χ1n) is 15.6. The maximum absolute atomic E-state index is 13.8. The fraction of sp³-hybridized carbons (Fsp3) is 0.500. The Labute approximate surface area is 273 Å². The molecule has 1 aliphatic rings. The molecule has 0 aliphatic heterocycles. The summed E-state index contributed by atoms with van der Waals surface area (Å²) in [5.74, 6) is -3.70. The predicted octanol–water partition coefficient (Wildman–Crippen LogP) is 0.220. The van der Waals surface area contributed by atoms with E-state index in [1.165, 1.54) is 24.3 Å². The van der Waals surface area contributed by atoms with Crippen molar-refractivity contribution in [2.75, 3.05) is 63.3 Å². The molecule has 0 saturated heterocycles. The molecule has 0 heterocycles. The van der Waals surface area contributed by atoms with E-state index in [1.807, 2.05) is 30.3 Å². The van der Waals surface area contributed by atoms with E-state index in [4.69, 9.17) is 19.7 Å². The molecule has 1 aliphatic carbocycles. The first-order valence-corrected chi connectivity index (χ1v) is 15.6. The zero-order valence-corrected chi connectivity index (χ0v) is 26.2. The number of anilines is 2. The number of aliphatic hydroxyl groups excluding tert-OH is 2. The van der Waals surface area contributed by atoms with Crippen LogP contribution in [-0.4, -0.2) is 103 Å². The lowest BCUT2D eigenvalue weighted by atomic mass is 9.74. The molecule has 0 radical (unpaired) electrons. The Kier molecular flexibility index (Phi) is 16.0. The van der Waals surface area contributed by atoms with Crippen molar-refractivity contribution in [3.05, 3.63) is 60.2 Å². The van der Waals surface area contributed by atoms with Gasteiger partial charge in [0.05, 0.1) is 45.3 Å². The second-order valence-electron chi connectivity index (χ2n) is 11.1. The van der Waals surface area contributed by atoms with Crippen molar-refractivity contribution in [3.63, 3.8) is 0 Å². The van der Waals surface area contributed by atoms with E-state index in [2.05, 4.69) is 21.3 Å². The summed E-state index contributed by atoms with van der Waals surface area (Å²) >= 11 is 0. The van der Waals surface area contributed by atoms with E-state index < -0.39 is 35.6 Å². The van der Waals surface area contributed by atoms with E-state index in [1.54, 1.807) is 0 Å². The second kappa shape index (κ2) is 20.2. The Balaban J connectivity index is 1.74. The van der Waals surface area contributed by atoms with Crippen LogP contribution in [0, 0.1) is 17.8 Å². The maximum Gasteiger partial charge on any atom is 0.247 e. The number of nitrogens with zero attached hydrogens (tertiary/aromatic N) is 1. The van der Waals surface area contributed by atoms with Crippen molar-refractivity contribution in [2.24, 2.45) is 17.8 Å². The number of hydrogen-bond donors (Lipinski definition) is 8. The van der Waals surface area contributed by atoms with Crippen molar-refractivity contribution in [3.8, 4) is 0 Å². The highest BCUT2D eigenvalue weighted by atomic mass is 16.8. The molecule has 4 amide bonds. The van der Waals surface area contributed by atoms with Gasteiger partial charge in [-0.1, -0.05) is 30.3 Å². The molecule has 1 saturated carbocycles. The number of amides is 4. The molecule has 15 nitrogen and oxygen atoms in total. The lowest BCUT2D eigenvalue weighted by Gasteiger charge is -2.33. The number of carbonyl (C=O) groups is 4. The summed E-state index contributed by atoms with van der Waals surface area (Å²) < 4.78 is 10.4. The summed E-state index contributed by atoms with van der Waals surface area (Å²) in [6.45, 7) is 0.766. The van der Waals surface area contributed by atoms with Crippen LogP contribution in [0.1, 0.15) is 24.8 Å². The summed E-state index contributed by atoms with van der Waals surface area (Å²) in [7, 11) is 0. The molecule has 0 spiro atoms. The van der Waals surface area contributed by atoms with Gasteiger partial charge < -0.3 is 41.0 Å². The van der Waals surface area contributed by atoms with Gasteiger partial charge in [0.1, 0.15) is 6.04 Å². The molecule has 15 heteroatoms. The van der Waals surface area contributed by atoms with Gasteiger partial charge in [-0.2, -0.15) is 0 Å². The summed E-state index contributed by atoms with van der Waals surface area (Å²) in [4.78, 5) is 53.5. The van der Waals surface area contributed by atoms with E-state index >= 15 is 0 Å². The SMILES string of the molecule is O=C(NCCOCCO)C1C[C@@H](C(=O)NCCOCCO)C[C@@H](C(=O)N[C@@H](Cc2ccccc2)C(=O)Nc2ccc(N(O)O)cc2)C1. The fourth-order valence-electron chi connectivity index (χ4n) is 5.33. The highest BCUT2D eigenvalue weighted by molar-refractivity contribution is 5.98. The lowest BCUT2D eigenvalue weighted by molar-refractivity contribution is -0.136. The highest BCUT2D eigenvalue weighted by Gasteiger charge is 2.39. The first kappa shape index (κ1) is 37.3. The standard InChI is InChI=1S/C32H45N5O10/c38-12-16-46-14-10-33-29(40)23-19-24(30(41)34-11-15-47-17-13-39)21-25(20-23)31(42)36-28(18-22-4-2-1-3-5-22)32(43)35-26-6-8-27(9-7-26)37(44)45/h1-9,23-25,28,38-39,44-45H,10-21H2,(H,33,40)(H,34,41)(H,35,43)(H,36,42)/t23-,24?,25-,28+/m1/s1. The molecule has 8 N–H and O–H groups in total. The van der Waals surface area contributed by atoms with Crippen LogP contribution in [0.3, 0.4) is 0 Å². The largest absolute Gasteiger partial charge is 0.394 e. The first-order chi connectivity index (χ1) is 22.7. The zero-order valence-electron chi connectivity index (χ0n) is 26.2. The number of nitrogens with one attached hydrogen (secondary N) is 4. The van der Waals surface area contributed by atoms with Gasteiger partial charge >= 0.3 is 0 Å². The average molecular weight is 660 g/mol. The molecule has 4 atom stereocenters. The van der Waals surface area contributed by atoms with E-state index in [0.717, 1.165) is 5.56 Å². The normalized spacial score (nSPS) is 18.1. The average Bonchev–Trinajstić information content (AvgIpc) is 3.08. The molecule has 258 valence electrons. The van der Waals surface area contributed by atoms with Crippen molar-refractivity contribution >= 4 is 35.0 Å². The summed E-state index contributed by atoms with van der Waals surface area (Å²) in [6.07, 6.45) is 0.719. The summed E-state index contributed by atoms with van der Waals surface area (Å²) in [6, 6.07) is 13.8. The van der Waals surface area contributed by atoms with E-state index in [9.17, 15) is 29.6 Å². The molecular formula is C32H45N5O10. The van der Waals surface area contributed by atoms with Crippen LogP contribution in [0.2, 0.25) is 0 Å². The third-order valence-electron chi connectivity index (χ3n) is 7.66. The van der Waals surface area contributed by atoms with Crippen LogP contribution in [0.5, 0.6) is 0 Å². The van der Waals surface area contributed by atoms with Gasteiger partial charge in [0.15, 0.2) is 0 Å². The monoisotopic (exact) mass is 659 g/mol. The Bertz CT molecular complexity index is 1230. The molecule has 1 unspecified atom stereocenters. The minimum absolute atomic E-state index is 0.0501. The van der Waals surface area contributed by atoms with Crippen molar-refractivity contribution < 1.29 is 49.3 Å². The van der Waals surface area contributed by atoms with Gasteiger partial charge in [0.25, 0.3) is 0 Å². The molecule has 2 aromatic carbocycles.